The molecule has 1 aromatic carbocycles. The molecule has 0 atom stereocenters. The molecule has 0 aliphatic carbocycles. The van der Waals surface area contributed by atoms with E-state index in [2.05, 4.69) is 54.4 Å². The zero-order valence-corrected chi connectivity index (χ0v) is 11.6. The van der Waals surface area contributed by atoms with Gasteiger partial charge in [0.15, 0.2) is 0 Å². The number of aromatic nitrogens is 2. The molecule has 0 aliphatic heterocycles. The van der Waals surface area contributed by atoms with Crippen molar-refractivity contribution in [2.24, 2.45) is 0 Å². The Hall–Kier alpha value is -1.55. The fourth-order valence-electron chi connectivity index (χ4n) is 2.00. The van der Waals surface area contributed by atoms with Crippen molar-refractivity contribution in [3.05, 3.63) is 23.8 Å². The number of rotatable bonds is 4. The summed E-state index contributed by atoms with van der Waals surface area (Å²) in [7, 11) is 2.13. The number of imidazole rings is 1. The molecule has 0 saturated heterocycles. The highest BCUT2D eigenvalue weighted by molar-refractivity contribution is 5.79. The maximum Gasteiger partial charge on any atom is 0.201 e. The summed E-state index contributed by atoms with van der Waals surface area (Å²) in [6.45, 7) is 8.33. The van der Waals surface area contributed by atoms with Crippen LogP contribution in [0.15, 0.2) is 18.2 Å². The van der Waals surface area contributed by atoms with Gasteiger partial charge in [0.05, 0.1) is 11.0 Å². The second-order valence-electron chi connectivity index (χ2n) is 5.19. The molecule has 2 N–H and O–H groups in total. The quantitative estimate of drug-likeness (QED) is 0.900. The molecular weight excluding hydrogens is 224 g/mol. The Kier molecular flexibility index (Phi) is 3.57. The largest absolute Gasteiger partial charge is 0.369 e. The van der Waals surface area contributed by atoms with Gasteiger partial charge in [-0.25, -0.2) is 4.98 Å². The molecule has 4 nitrogen and oxygen atoms in total. The van der Waals surface area contributed by atoms with Crippen molar-refractivity contribution >= 4 is 17.0 Å². The van der Waals surface area contributed by atoms with Crippen LogP contribution in [0.1, 0.15) is 19.4 Å². The number of nitrogens with two attached hydrogens (primary N) is 1. The van der Waals surface area contributed by atoms with Crippen LogP contribution in [0.25, 0.3) is 11.0 Å². The van der Waals surface area contributed by atoms with E-state index in [-0.39, 0.29) is 0 Å². The Bertz CT molecular complexity index is 542. The van der Waals surface area contributed by atoms with Gasteiger partial charge in [0, 0.05) is 19.1 Å². The number of hydrogen-bond donors (Lipinski definition) is 1. The van der Waals surface area contributed by atoms with E-state index in [0.717, 1.165) is 24.1 Å². The molecule has 0 unspecified atom stereocenters. The van der Waals surface area contributed by atoms with Crippen molar-refractivity contribution in [2.75, 3.05) is 19.3 Å². The Balaban J connectivity index is 2.27. The molecule has 98 valence electrons. The van der Waals surface area contributed by atoms with Crippen LogP contribution in [0.3, 0.4) is 0 Å². The summed E-state index contributed by atoms with van der Waals surface area (Å²) in [6, 6.07) is 6.79. The fourth-order valence-corrected chi connectivity index (χ4v) is 2.00. The van der Waals surface area contributed by atoms with Crippen LogP contribution >= 0.6 is 0 Å². The van der Waals surface area contributed by atoms with E-state index in [1.807, 2.05) is 6.07 Å². The Morgan fingerprint density at radius 3 is 2.78 bits per heavy atom. The minimum atomic E-state index is 0.544. The number of benzene rings is 1. The minimum absolute atomic E-state index is 0.544. The molecule has 0 fully saturated rings. The van der Waals surface area contributed by atoms with E-state index < -0.39 is 0 Å². The third-order valence-corrected chi connectivity index (χ3v) is 3.49. The highest BCUT2D eigenvalue weighted by Crippen LogP contribution is 2.19. The van der Waals surface area contributed by atoms with E-state index in [1.54, 1.807) is 0 Å². The average Bonchev–Trinajstić information content (AvgIpc) is 2.61. The molecule has 2 rings (SSSR count). The Labute approximate surface area is 108 Å². The first kappa shape index (κ1) is 12.9. The molecule has 0 bridgehead atoms. The summed E-state index contributed by atoms with van der Waals surface area (Å²) >= 11 is 0. The van der Waals surface area contributed by atoms with Gasteiger partial charge in [-0.2, -0.15) is 0 Å². The monoisotopic (exact) mass is 246 g/mol. The summed E-state index contributed by atoms with van der Waals surface area (Å²) < 4.78 is 2.10. The highest BCUT2D eigenvalue weighted by Gasteiger charge is 2.09. The van der Waals surface area contributed by atoms with Gasteiger partial charge in [-0.1, -0.05) is 6.07 Å². The summed E-state index contributed by atoms with van der Waals surface area (Å²) in [5.41, 5.74) is 9.34. The molecule has 2 aromatic rings. The van der Waals surface area contributed by atoms with Gasteiger partial charge in [0.1, 0.15) is 0 Å². The van der Waals surface area contributed by atoms with Crippen LogP contribution in [0.4, 0.5) is 5.95 Å². The number of nitrogens with zero attached hydrogens (tertiary/aromatic N) is 3. The summed E-state index contributed by atoms with van der Waals surface area (Å²) in [5, 5.41) is 0. The zero-order chi connectivity index (χ0) is 13.3. The van der Waals surface area contributed by atoms with Crippen LogP contribution in [-0.4, -0.2) is 34.1 Å². The smallest absolute Gasteiger partial charge is 0.201 e. The predicted octanol–water partition coefficient (Wildman–Crippen LogP) is 2.27. The van der Waals surface area contributed by atoms with Crippen molar-refractivity contribution in [3.63, 3.8) is 0 Å². The Morgan fingerprint density at radius 2 is 2.11 bits per heavy atom. The first-order chi connectivity index (χ1) is 8.49. The van der Waals surface area contributed by atoms with Gasteiger partial charge in [-0.15, -0.1) is 0 Å². The van der Waals surface area contributed by atoms with Crippen LogP contribution in [-0.2, 0) is 6.54 Å². The Morgan fingerprint density at radius 1 is 1.39 bits per heavy atom. The molecular formula is C14H22N4. The maximum atomic E-state index is 6.00. The topological polar surface area (TPSA) is 47.1 Å². The van der Waals surface area contributed by atoms with E-state index >= 15 is 0 Å². The van der Waals surface area contributed by atoms with Crippen molar-refractivity contribution in [1.82, 2.24) is 14.5 Å². The van der Waals surface area contributed by atoms with Crippen molar-refractivity contribution in [1.29, 1.82) is 0 Å². The SMILES string of the molecule is Cc1ccc2nc(N)n(CCN(C)C(C)C)c2c1. The average molecular weight is 246 g/mol. The maximum absolute atomic E-state index is 6.00. The van der Waals surface area contributed by atoms with Crippen molar-refractivity contribution in [3.8, 4) is 0 Å². The normalized spacial score (nSPS) is 11.9. The zero-order valence-electron chi connectivity index (χ0n) is 11.6. The molecule has 1 aromatic heterocycles. The van der Waals surface area contributed by atoms with E-state index in [9.17, 15) is 0 Å². The van der Waals surface area contributed by atoms with E-state index in [4.69, 9.17) is 5.73 Å². The third kappa shape index (κ3) is 2.48. The molecule has 0 aliphatic rings. The number of hydrogen-bond acceptors (Lipinski definition) is 3. The highest BCUT2D eigenvalue weighted by atomic mass is 15.2. The van der Waals surface area contributed by atoms with Gasteiger partial charge < -0.3 is 15.2 Å². The summed E-state index contributed by atoms with van der Waals surface area (Å²) in [5.74, 6) is 0.604. The lowest BCUT2D eigenvalue weighted by Gasteiger charge is -2.21. The standard InChI is InChI=1S/C14H22N4/c1-10(2)17(4)7-8-18-13-9-11(3)5-6-12(13)16-14(18)15/h5-6,9-10H,7-8H2,1-4H3,(H2,15,16). The second kappa shape index (κ2) is 4.98. The van der Waals surface area contributed by atoms with Gasteiger partial charge in [-0.05, 0) is 45.5 Å². The first-order valence-electron chi connectivity index (χ1n) is 6.41. The molecule has 18 heavy (non-hydrogen) atoms. The van der Waals surface area contributed by atoms with Gasteiger partial charge >= 0.3 is 0 Å². The molecule has 4 heteroatoms. The number of fused-ring (bicyclic) bond motifs is 1. The number of likely N-dealkylation sites (N-methyl/N-ethyl adjacent to an activating group) is 1. The third-order valence-electron chi connectivity index (χ3n) is 3.49. The van der Waals surface area contributed by atoms with Crippen LogP contribution in [0, 0.1) is 6.92 Å². The lowest BCUT2D eigenvalue weighted by Crippen LogP contribution is -2.29. The molecule has 0 spiro atoms. The lowest BCUT2D eigenvalue weighted by atomic mass is 10.2. The number of aryl methyl sites for hydroxylation is 1. The molecule has 0 amide bonds. The summed E-state index contributed by atoms with van der Waals surface area (Å²) in [6.07, 6.45) is 0. The van der Waals surface area contributed by atoms with Crippen molar-refractivity contribution < 1.29 is 0 Å². The van der Waals surface area contributed by atoms with Crippen LogP contribution < -0.4 is 5.73 Å². The van der Waals surface area contributed by atoms with E-state index in [1.165, 1.54) is 5.56 Å². The number of anilines is 1. The van der Waals surface area contributed by atoms with Crippen molar-refractivity contribution in [2.45, 2.75) is 33.4 Å². The van der Waals surface area contributed by atoms with Crippen LogP contribution in [0.5, 0.6) is 0 Å². The van der Waals surface area contributed by atoms with Gasteiger partial charge in [0.25, 0.3) is 0 Å². The van der Waals surface area contributed by atoms with E-state index in [0.29, 0.717) is 12.0 Å². The molecule has 0 saturated carbocycles. The van der Waals surface area contributed by atoms with Gasteiger partial charge in [-0.3, -0.25) is 0 Å². The first-order valence-corrected chi connectivity index (χ1v) is 6.41. The van der Waals surface area contributed by atoms with Crippen LogP contribution in [0.2, 0.25) is 0 Å². The molecule has 0 radical (unpaired) electrons. The predicted molar refractivity (Wildman–Crippen MR) is 76.6 cm³/mol. The fraction of sp³-hybridized carbons (Fsp3) is 0.500. The van der Waals surface area contributed by atoms with Gasteiger partial charge in [0.2, 0.25) is 5.95 Å². The molecule has 1 heterocycles. The summed E-state index contributed by atoms with van der Waals surface area (Å²) in [4.78, 5) is 6.71. The second-order valence-corrected chi connectivity index (χ2v) is 5.19. The minimum Gasteiger partial charge on any atom is -0.369 e. The number of nitrogen functional groups attached to an aromatic ring is 1. The lowest BCUT2D eigenvalue weighted by molar-refractivity contribution is 0.264.